The molecule has 1 aromatic heterocycles. The van der Waals surface area contributed by atoms with E-state index in [9.17, 15) is 9.18 Å². The van der Waals surface area contributed by atoms with Gasteiger partial charge in [0.15, 0.2) is 11.6 Å². The van der Waals surface area contributed by atoms with Crippen molar-refractivity contribution in [2.45, 2.75) is 19.4 Å². The summed E-state index contributed by atoms with van der Waals surface area (Å²) in [6.45, 7) is 5.22. The molecule has 2 aromatic rings. The molecular formula is C17H20FN5O2. The number of amides is 2. The molecule has 0 atom stereocenters. The van der Waals surface area contributed by atoms with Crippen LogP contribution in [0, 0.1) is 5.82 Å². The molecule has 8 heteroatoms. The summed E-state index contributed by atoms with van der Waals surface area (Å²) in [6.07, 6.45) is 2.89. The number of ether oxygens (including phenoxy) is 1. The van der Waals surface area contributed by atoms with E-state index in [1.807, 2.05) is 16.7 Å². The third-order valence-electron chi connectivity index (χ3n) is 4.67. The van der Waals surface area contributed by atoms with Crippen molar-refractivity contribution in [3.63, 3.8) is 0 Å². The second kappa shape index (κ2) is 6.34. The van der Waals surface area contributed by atoms with Crippen LogP contribution < -0.4 is 4.74 Å². The first-order chi connectivity index (χ1) is 12.2. The highest BCUT2D eigenvalue weighted by Gasteiger charge is 2.36. The predicted octanol–water partition coefficient (Wildman–Crippen LogP) is 2.17. The van der Waals surface area contributed by atoms with E-state index >= 15 is 0 Å². The Morgan fingerprint density at radius 2 is 2.12 bits per heavy atom. The fourth-order valence-electron chi connectivity index (χ4n) is 3.01. The minimum atomic E-state index is -0.413. The largest absolute Gasteiger partial charge is 0.491 e. The standard InChI is InChI=1S/C17H20FN5O2/c1-2-25-16-5-4-12(8-14(16)18)15-11-23(20-19-15)13-9-22(10-13)17(24)21-6-3-7-21/h4-5,8,11,13H,2-3,6-7,9-10H2,1H3. The summed E-state index contributed by atoms with van der Waals surface area (Å²) < 4.78 is 21.0. The zero-order valence-corrected chi connectivity index (χ0v) is 14.1. The Morgan fingerprint density at radius 1 is 1.32 bits per heavy atom. The van der Waals surface area contributed by atoms with Crippen molar-refractivity contribution in [1.29, 1.82) is 0 Å². The highest BCUT2D eigenvalue weighted by molar-refractivity contribution is 5.76. The number of rotatable bonds is 4. The Labute approximate surface area is 145 Å². The normalized spacial score (nSPS) is 17.2. The van der Waals surface area contributed by atoms with Crippen LogP contribution in [-0.4, -0.2) is 63.6 Å². The van der Waals surface area contributed by atoms with Gasteiger partial charge in [0.25, 0.3) is 0 Å². The van der Waals surface area contributed by atoms with Crippen LogP contribution in [0.25, 0.3) is 11.3 Å². The molecule has 2 saturated heterocycles. The number of hydrogen-bond acceptors (Lipinski definition) is 4. The summed E-state index contributed by atoms with van der Waals surface area (Å²) in [6, 6.07) is 5.00. The van der Waals surface area contributed by atoms with Gasteiger partial charge in [-0.3, -0.25) is 0 Å². The number of nitrogens with zero attached hydrogens (tertiary/aromatic N) is 5. The maximum absolute atomic E-state index is 14.0. The van der Waals surface area contributed by atoms with Crippen molar-refractivity contribution in [2.75, 3.05) is 32.8 Å². The SMILES string of the molecule is CCOc1ccc(-c2cn(C3CN(C(=O)N4CCC4)C3)nn2)cc1F. The van der Waals surface area contributed by atoms with E-state index in [0.717, 1.165) is 19.5 Å². The zero-order valence-electron chi connectivity index (χ0n) is 14.1. The predicted molar refractivity (Wildman–Crippen MR) is 88.8 cm³/mol. The van der Waals surface area contributed by atoms with Gasteiger partial charge in [0, 0.05) is 31.7 Å². The second-order valence-electron chi connectivity index (χ2n) is 6.34. The van der Waals surface area contributed by atoms with Crippen LogP contribution in [0.4, 0.5) is 9.18 Å². The molecule has 7 nitrogen and oxygen atoms in total. The fraction of sp³-hybridized carbons (Fsp3) is 0.471. The molecule has 0 N–H and O–H groups in total. The van der Waals surface area contributed by atoms with Crippen LogP contribution in [0.15, 0.2) is 24.4 Å². The number of urea groups is 1. The quantitative estimate of drug-likeness (QED) is 0.852. The van der Waals surface area contributed by atoms with Gasteiger partial charge in [0.05, 0.1) is 18.8 Å². The molecule has 3 heterocycles. The lowest BCUT2D eigenvalue weighted by Crippen LogP contribution is -2.58. The topological polar surface area (TPSA) is 63.5 Å². The van der Waals surface area contributed by atoms with Gasteiger partial charge in [-0.05, 0) is 31.5 Å². The monoisotopic (exact) mass is 345 g/mol. The summed E-state index contributed by atoms with van der Waals surface area (Å²) in [5.74, 6) is -0.179. The van der Waals surface area contributed by atoms with Gasteiger partial charge in [-0.25, -0.2) is 13.9 Å². The number of carbonyl (C=O) groups excluding carboxylic acids is 1. The van der Waals surface area contributed by atoms with Crippen molar-refractivity contribution < 1.29 is 13.9 Å². The molecule has 0 radical (unpaired) electrons. The number of aromatic nitrogens is 3. The van der Waals surface area contributed by atoms with E-state index in [1.54, 1.807) is 23.0 Å². The number of halogens is 1. The van der Waals surface area contributed by atoms with Gasteiger partial charge in [0.1, 0.15) is 5.69 Å². The molecule has 1 aromatic carbocycles. The summed E-state index contributed by atoms with van der Waals surface area (Å²) in [5, 5.41) is 8.27. The molecule has 0 unspecified atom stereocenters. The zero-order chi connectivity index (χ0) is 17.4. The van der Waals surface area contributed by atoms with E-state index in [4.69, 9.17) is 4.74 Å². The van der Waals surface area contributed by atoms with Crippen molar-refractivity contribution in [1.82, 2.24) is 24.8 Å². The van der Waals surface area contributed by atoms with Crippen LogP contribution in [0.5, 0.6) is 5.75 Å². The Hall–Kier alpha value is -2.64. The third kappa shape index (κ3) is 2.92. The first-order valence-corrected chi connectivity index (χ1v) is 8.54. The first-order valence-electron chi connectivity index (χ1n) is 8.54. The van der Waals surface area contributed by atoms with E-state index in [2.05, 4.69) is 10.3 Å². The highest BCUT2D eigenvalue weighted by atomic mass is 19.1. The number of likely N-dealkylation sites (tertiary alicyclic amines) is 2. The van der Waals surface area contributed by atoms with Crippen LogP contribution in [0.2, 0.25) is 0 Å². The third-order valence-corrected chi connectivity index (χ3v) is 4.67. The number of benzene rings is 1. The molecule has 2 aliphatic rings. The van der Waals surface area contributed by atoms with Crippen molar-refractivity contribution in [3.05, 3.63) is 30.2 Å². The molecule has 4 rings (SSSR count). The van der Waals surface area contributed by atoms with Gasteiger partial charge in [-0.2, -0.15) is 0 Å². The van der Waals surface area contributed by atoms with Crippen molar-refractivity contribution in [2.24, 2.45) is 0 Å². The second-order valence-corrected chi connectivity index (χ2v) is 6.34. The average molecular weight is 345 g/mol. The van der Waals surface area contributed by atoms with E-state index in [-0.39, 0.29) is 17.8 Å². The lowest BCUT2D eigenvalue weighted by atomic mass is 10.1. The molecule has 2 fully saturated rings. The Kier molecular flexibility index (Phi) is 4.03. The molecule has 25 heavy (non-hydrogen) atoms. The minimum Gasteiger partial charge on any atom is -0.491 e. The molecule has 2 aliphatic heterocycles. The fourth-order valence-corrected chi connectivity index (χ4v) is 3.01. The smallest absolute Gasteiger partial charge is 0.320 e. The lowest BCUT2D eigenvalue weighted by Gasteiger charge is -2.43. The molecule has 0 aliphatic carbocycles. The lowest BCUT2D eigenvalue weighted by molar-refractivity contribution is 0.0735. The van der Waals surface area contributed by atoms with Crippen LogP contribution >= 0.6 is 0 Å². The number of hydrogen-bond donors (Lipinski definition) is 0. The Bertz CT molecular complexity index is 783. The summed E-state index contributed by atoms with van der Waals surface area (Å²) >= 11 is 0. The van der Waals surface area contributed by atoms with Gasteiger partial charge in [-0.1, -0.05) is 5.21 Å². The van der Waals surface area contributed by atoms with Crippen molar-refractivity contribution >= 4 is 6.03 Å². The molecule has 0 saturated carbocycles. The minimum absolute atomic E-state index is 0.108. The van der Waals surface area contributed by atoms with Gasteiger partial charge < -0.3 is 14.5 Å². The molecular weight excluding hydrogens is 325 g/mol. The van der Waals surface area contributed by atoms with E-state index < -0.39 is 5.82 Å². The van der Waals surface area contributed by atoms with Gasteiger partial charge in [0.2, 0.25) is 0 Å². The Morgan fingerprint density at radius 3 is 2.76 bits per heavy atom. The summed E-state index contributed by atoms with van der Waals surface area (Å²) in [4.78, 5) is 15.8. The Balaban J connectivity index is 1.41. The first kappa shape index (κ1) is 15.9. The van der Waals surface area contributed by atoms with Gasteiger partial charge in [-0.15, -0.1) is 5.10 Å². The van der Waals surface area contributed by atoms with Gasteiger partial charge >= 0.3 is 6.03 Å². The highest BCUT2D eigenvalue weighted by Crippen LogP contribution is 2.27. The van der Waals surface area contributed by atoms with Crippen LogP contribution in [-0.2, 0) is 0 Å². The molecule has 2 amide bonds. The van der Waals surface area contributed by atoms with Crippen LogP contribution in [0.1, 0.15) is 19.4 Å². The summed E-state index contributed by atoms with van der Waals surface area (Å²) in [7, 11) is 0. The van der Waals surface area contributed by atoms with Crippen LogP contribution in [0.3, 0.4) is 0 Å². The molecule has 0 spiro atoms. The van der Waals surface area contributed by atoms with E-state index in [0.29, 0.717) is 31.0 Å². The summed E-state index contributed by atoms with van der Waals surface area (Å²) in [5.41, 5.74) is 1.26. The molecule has 0 bridgehead atoms. The molecule has 132 valence electrons. The maximum Gasteiger partial charge on any atom is 0.320 e. The van der Waals surface area contributed by atoms with E-state index in [1.165, 1.54) is 6.07 Å². The van der Waals surface area contributed by atoms with Crippen molar-refractivity contribution in [3.8, 4) is 17.0 Å². The number of carbonyl (C=O) groups is 1. The maximum atomic E-state index is 14.0. The average Bonchev–Trinajstić information content (AvgIpc) is 2.96.